The van der Waals surface area contributed by atoms with Crippen LogP contribution in [-0.2, 0) is 9.59 Å². The smallest absolute Gasteiger partial charge is 0.334 e. The Balaban J connectivity index is 1.60. The second-order valence-electron chi connectivity index (χ2n) is 5.32. The number of benzene rings is 2. The maximum Gasteiger partial charge on any atom is 0.334 e. The van der Waals surface area contributed by atoms with Gasteiger partial charge in [0.25, 0.3) is 0 Å². The molecule has 3 rings (SSSR count). The van der Waals surface area contributed by atoms with E-state index in [0.29, 0.717) is 23.7 Å². The summed E-state index contributed by atoms with van der Waals surface area (Å²) < 4.78 is 10.6. The summed E-state index contributed by atoms with van der Waals surface area (Å²) in [5.41, 5.74) is 1.35. The predicted octanol–water partition coefficient (Wildman–Crippen LogP) is 2.81. The van der Waals surface area contributed by atoms with E-state index in [1.54, 1.807) is 42.5 Å². The van der Waals surface area contributed by atoms with Crippen LogP contribution in [0.15, 0.2) is 48.5 Å². The van der Waals surface area contributed by atoms with Crippen LogP contribution in [0, 0.1) is 0 Å². The molecule has 1 atom stereocenters. The second kappa shape index (κ2) is 7.04. The highest BCUT2D eigenvalue weighted by molar-refractivity contribution is 5.97. The summed E-state index contributed by atoms with van der Waals surface area (Å²) in [4.78, 5) is 24.1. The summed E-state index contributed by atoms with van der Waals surface area (Å²) in [6, 6.07) is 13.5. The van der Waals surface area contributed by atoms with Crippen molar-refractivity contribution in [2.24, 2.45) is 0 Å². The van der Waals surface area contributed by atoms with Crippen LogP contribution in [0.1, 0.15) is 13.3 Å². The third kappa shape index (κ3) is 3.65. The van der Waals surface area contributed by atoms with Crippen molar-refractivity contribution in [3.8, 4) is 11.5 Å². The minimum Gasteiger partial charge on any atom is -0.494 e. The fourth-order valence-corrected chi connectivity index (χ4v) is 2.43. The third-order valence-corrected chi connectivity index (χ3v) is 3.55. The topological polar surface area (TPSA) is 76.7 Å². The van der Waals surface area contributed by atoms with Crippen molar-refractivity contribution in [2.45, 2.75) is 19.4 Å². The van der Waals surface area contributed by atoms with Crippen LogP contribution < -0.4 is 20.1 Å². The van der Waals surface area contributed by atoms with Crippen molar-refractivity contribution >= 4 is 23.3 Å². The van der Waals surface area contributed by atoms with Gasteiger partial charge >= 0.3 is 5.97 Å². The maximum absolute atomic E-state index is 12.2. The van der Waals surface area contributed by atoms with Gasteiger partial charge in [0.15, 0.2) is 5.75 Å². The lowest BCUT2D eigenvalue weighted by atomic mass is 10.1. The molecule has 0 spiro atoms. The fraction of sp³-hybridized carbons (Fsp3) is 0.222. The molecule has 124 valence electrons. The number of anilines is 2. The lowest BCUT2D eigenvalue weighted by molar-refractivity contribution is -0.137. The molecule has 1 aliphatic rings. The number of hydrogen-bond donors (Lipinski definition) is 2. The Labute approximate surface area is 139 Å². The van der Waals surface area contributed by atoms with E-state index in [4.69, 9.17) is 9.47 Å². The largest absolute Gasteiger partial charge is 0.494 e. The minimum absolute atomic E-state index is 0.0135. The van der Waals surface area contributed by atoms with Gasteiger partial charge in [0.2, 0.25) is 5.91 Å². The summed E-state index contributed by atoms with van der Waals surface area (Å²) in [6.07, 6.45) is -0.0135. The molecule has 0 unspecified atom stereocenters. The van der Waals surface area contributed by atoms with Crippen molar-refractivity contribution in [1.29, 1.82) is 0 Å². The zero-order chi connectivity index (χ0) is 16.9. The molecular weight excluding hydrogens is 308 g/mol. The van der Waals surface area contributed by atoms with E-state index in [1.165, 1.54) is 0 Å². The zero-order valence-electron chi connectivity index (χ0n) is 13.2. The minimum atomic E-state index is -0.706. The Kier molecular flexibility index (Phi) is 4.65. The van der Waals surface area contributed by atoms with Gasteiger partial charge in [-0.3, -0.25) is 4.79 Å². The number of carbonyl (C=O) groups excluding carboxylic acids is 2. The number of nitrogens with one attached hydrogen (secondary N) is 2. The Hall–Kier alpha value is -3.02. The van der Waals surface area contributed by atoms with E-state index in [2.05, 4.69) is 10.6 Å². The Morgan fingerprint density at radius 3 is 2.71 bits per heavy atom. The zero-order valence-corrected chi connectivity index (χ0v) is 13.2. The molecule has 6 heteroatoms. The van der Waals surface area contributed by atoms with Gasteiger partial charge < -0.3 is 20.1 Å². The van der Waals surface area contributed by atoms with Gasteiger partial charge in [-0.2, -0.15) is 0 Å². The van der Waals surface area contributed by atoms with E-state index in [1.807, 2.05) is 13.0 Å². The van der Waals surface area contributed by atoms with Crippen molar-refractivity contribution in [3.05, 3.63) is 48.5 Å². The summed E-state index contributed by atoms with van der Waals surface area (Å²) in [5, 5.41) is 5.79. The first-order chi connectivity index (χ1) is 11.7. The number of amides is 1. The van der Waals surface area contributed by atoms with E-state index in [9.17, 15) is 9.59 Å². The van der Waals surface area contributed by atoms with Crippen LogP contribution in [0.25, 0.3) is 0 Å². The van der Waals surface area contributed by atoms with Gasteiger partial charge in [-0.05, 0) is 43.3 Å². The van der Waals surface area contributed by atoms with Crippen LogP contribution in [0.4, 0.5) is 11.4 Å². The standard InChI is InChI=1S/C18H18N2O4/c1-2-23-13-9-7-12(8-10-13)19-17(21)11-15-18(22)24-16-6-4-3-5-14(16)20-15/h3-10,15,20H,2,11H2,1H3,(H,19,21)/t15-/m0/s1. The van der Waals surface area contributed by atoms with Crippen LogP contribution >= 0.6 is 0 Å². The summed E-state index contributed by atoms with van der Waals surface area (Å²) >= 11 is 0. The Morgan fingerprint density at radius 2 is 1.96 bits per heavy atom. The van der Waals surface area contributed by atoms with Crippen LogP contribution in [0.2, 0.25) is 0 Å². The average molecular weight is 326 g/mol. The number of carbonyl (C=O) groups is 2. The average Bonchev–Trinajstić information content (AvgIpc) is 2.57. The second-order valence-corrected chi connectivity index (χ2v) is 5.32. The van der Waals surface area contributed by atoms with Crippen molar-refractivity contribution in [3.63, 3.8) is 0 Å². The number of esters is 1. The van der Waals surface area contributed by atoms with Crippen molar-refractivity contribution in [1.82, 2.24) is 0 Å². The molecule has 0 saturated carbocycles. The van der Waals surface area contributed by atoms with Crippen LogP contribution in [-0.4, -0.2) is 24.5 Å². The van der Waals surface area contributed by atoms with E-state index in [0.717, 1.165) is 5.75 Å². The first-order valence-electron chi connectivity index (χ1n) is 7.75. The monoisotopic (exact) mass is 326 g/mol. The van der Waals surface area contributed by atoms with E-state index < -0.39 is 12.0 Å². The molecule has 0 saturated heterocycles. The lowest BCUT2D eigenvalue weighted by Crippen LogP contribution is -2.39. The molecule has 1 heterocycles. The highest BCUT2D eigenvalue weighted by atomic mass is 16.5. The highest BCUT2D eigenvalue weighted by Crippen LogP contribution is 2.29. The summed E-state index contributed by atoms with van der Waals surface area (Å²) in [6.45, 7) is 2.49. The quantitative estimate of drug-likeness (QED) is 0.653. The number of ether oxygens (including phenoxy) is 2. The molecule has 0 bridgehead atoms. The first kappa shape index (κ1) is 15.9. The number of fused-ring (bicyclic) bond motifs is 1. The molecule has 6 nitrogen and oxygen atoms in total. The van der Waals surface area contributed by atoms with Gasteiger partial charge in [0, 0.05) is 5.69 Å². The Morgan fingerprint density at radius 1 is 1.21 bits per heavy atom. The van der Waals surface area contributed by atoms with Gasteiger partial charge in [-0.25, -0.2) is 4.79 Å². The SMILES string of the molecule is CCOc1ccc(NC(=O)C[C@@H]2Nc3ccccc3OC2=O)cc1. The predicted molar refractivity (Wildman–Crippen MR) is 90.3 cm³/mol. The maximum atomic E-state index is 12.2. The van der Waals surface area contributed by atoms with Crippen LogP contribution in [0.5, 0.6) is 11.5 Å². The molecule has 0 radical (unpaired) electrons. The third-order valence-electron chi connectivity index (χ3n) is 3.55. The summed E-state index contributed by atoms with van der Waals surface area (Å²) in [7, 11) is 0. The lowest BCUT2D eigenvalue weighted by Gasteiger charge is -2.25. The van der Waals surface area contributed by atoms with E-state index >= 15 is 0 Å². The molecule has 0 aromatic heterocycles. The molecule has 0 aliphatic carbocycles. The molecule has 0 fully saturated rings. The van der Waals surface area contributed by atoms with Crippen molar-refractivity contribution < 1.29 is 19.1 Å². The van der Waals surface area contributed by atoms with Gasteiger partial charge in [-0.15, -0.1) is 0 Å². The van der Waals surface area contributed by atoms with Crippen LogP contribution in [0.3, 0.4) is 0 Å². The normalized spacial score (nSPS) is 15.7. The fourth-order valence-electron chi connectivity index (χ4n) is 2.43. The summed E-state index contributed by atoms with van der Waals surface area (Å²) in [5.74, 6) is 0.485. The number of hydrogen-bond acceptors (Lipinski definition) is 5. The van der Waals surface area contributed by atoms with Crippen molar-refractivity contribution in [2.75, 3.05) is 17.2 Å². The van der Waals surface area contributed by atoms with E-state index in [-0.39, 0.29) is 12.3 Å². The number of rotatable bonds is 5. The highest BCUT2D eigenvalue weighted by Gasteiger charge is 2.29. The number of para-hydroxylation sites is 2. The Bertz CT molecular complexity index is 743. The molecular formula is C18H18N2O4. The molecule has 24 heavy (non-hydrogen) atoms. The molecule has 2 aromatic rings. The molecule has 1 aliphatic heterocycles. The van der Waals surface area contributed by atoms with Gasteiger partial charge in [0.05, 0.1) is 18.7 Å². The van der Waals surface area contributed by atoms with Gasteiger partial charge in [0.1, 0.15) is 11.8 Å². The first-order valence-corrected chi connectivity index (χ1v) is 7.75. The molecule has 2 N–H and O–H groups in total. The molecule has 1 amide bonds. The molecule has 2 aromatic carbocycles. The van der Waals surface area contributed by atoms with Gasteiger partial charge in [-0.1, -0.05) is 12.1 Å².